The molecule has 3 N–H and O–H groups in total. The van der Waals surface area contributed by atoms with Crippen molar-refractivity contribution in [1.29, 1.82) is 0 Å². The minimum absolute atomic E-state index is 0.162. The second-order valence-electron chi connectivity index (χ2n) is 6.59. The minimum atomic E-state index is -0.314. The zero-order chi connectivity index (χ0) is 19.4. The molecule has 0 unspecified atom stereocenters. The summed E-state index contributed by atoms with van der Waals surface area (Å²) in [5.41, 5.74) is 6.45. The number of imidazole rings is 1. The normalized spacial score (nSPS) is 17.5. The molecule has 0 radical (unpaired) electrons. The van der Waals surface area contributed by atoms with E-state index in [2.05, 4.69) is 21.9 Å². The number of unbranched alkanes of at least 4 members (excludes halogenated alkanes) is 1. The van der Waals surface area contributed by atoms with E-state index in [1.807, 2.05) is 4.90 Å². The van der Waals surface area contributed by atoms with Gasteiger partial charge in [-0.15, -0.1) is 0 Å². The molecule has 0 amide bonds. The average Bonchev–Trinajstić information content (AvgIpc) is 3.24. The van der Waals surface area contributed by atoms with E-state index in [0.717, 1.165) is 32.2 Å². The quantitative estimate of drug-likeness (QED) is 0.502. The molecule has 3 rings (SSSR count). The van der Waals surface area contributed by atoms with Crippen molar-refractivity contribution in [3.05, 3.63) is 10.5 Å². The number of nitrogens with zero attached hydrogens (tertiary/aromatic N) is 4. The predicted molar refractivity (Wildman–Crippen MR) is 99.6 cm³/mol. The smallest absolute Gasteiger partial charge is 0.327 e. The maximum atomic E-state index is 12.4. The average molecular weight is 378 g/mol. The summed E-state index contributed by atoms with van der Waals surface area (Å²) < 4.78 is 11.9. The van der Waals surface area contributed by atoms with Crippen LogP contribution in [0.2, 0.25) is 0 Å². The first-order valence-electron chi connectivity index (χ1n) is 9.25. The van der Waals surface area contributed by atoms with Crippen LogP contribution in [-0.2, 0) is 16.1 Å². The summed E-state index contributed by atoms with van der Waals surface area (Å²) in [6.45, 7) is 4.25. The fraction of sp³-hybridized carbons (Fsp3) is 0.647. The third-order valence-electron chi connectivity index (χ3n) is 4.81. The molecular formula is C17H26N6O4. The Bertz CT molecular complexity index is 861. The summed E-state index contributed by atoms with van der Waals surface area (Å²) in [7, 11) is 1.39. The van der Waals surface area contributed by atoms with E-state index in [-0.39, 0.29) is 29.5 Å². The van der Waals surface area contributed by atoms with Crippen LogP contribution < -0.4 is 16.2 Å². The van der Waals surface area contributed by atoms with E-state index in [1.54, 1.807) is 0 Å². The van der Waals surface area contributed by atoms with Crippen molar-refractivity contribution in [3.63, 3.8) is 0 Å². The summed E-state index contributed by atoms with van der Waals surface area (Å²) in [6, 6.07) is -0.0987. The molecule has 2 aromatic heterocycles. The first kappa shape index (κ1) is 19.2. The van der Waals surface area contributed by atoms with Crippen LogP contribution in [0.5, 0.6) is 6.01 Å². The first-order valence-corrected chi connectivity index (χ1v) is 9.25. The van der Waals surface area contributed by atoms with E-state index >= 15 is 0 Å². The zero-order valence-corrected chi connectivity index (χ0v) is 15.7. The van der Waals surface area contributed by atoms with E-state index in [0.29, 0.717) is 30.9 Å². The van der Waals surface area contributed by atoms with Crippen molar-refractivity contribution in [2.45, 2.75) is 45.2 Å². The molecule has 0 spiro atoms. The van der Waals surface area contributed by atoms with Gasteiger partial charge in [-0.3, -0.25) is 14.3 Å². The van der Waals surface area contributed by atoms with Gasteiger partial charge in [0.1, 0.15) is 11.6 Å². The van der Waals surface area contributed by atoms with Gasteiger partial charge in [0.25, 0.3) is 0 Å². The molecule has 3 heterocycles. The van der Waals surface area contributed by atoms with Gasteiger partial charge >= 0.3 is 17.7 Å². The molecule has 2 aromatic rings. The number of carbonyl (C=O) groups is 1. The number of anilines is 1. The highest BCUT2D eigenvalue weighted by Crippen LogP contribution is 2.20. The Morgan fingerprint density at radius 3 is 2.93 bits per heavy atom. The Balaban J connectivity index is 1.80. The van der Waals surface area contributed by atoms with Crippen LogP contribution in [0.3, 0.4) is 0 Å². The number of likely N-dealkylation sites (tertiary alicyclic amines) is 1. The van der Waals surface area contributed by atoms with Gasteiger partial charge in [0.15, 0.2) is 11.5 Å². The molecule has 1 saturated heterocycles. The summed E-state index contributed by atoms with van der Waals surface area (Å²) >= 11 is 0. The number of nitrogens with two attached hydrogens (primary N) is 1. The number of aromatic amines is 1. The number of ether oxygens (including phenoxy) is 2. The Labute approximate surface area is 156 Å². The van der Waals surface area contributed by atoms with Gasteiger partial charge in [0.05, 0.1) is 13.7 Å². The molecule has 1 aliphatic heterocycles. The van der Waals surface area contributed by atoms with Crippen LogP contribution in [0.1, 0.15) is 32.6 Å². The molecule has 1 fully saturated rings. The monoisotopic (exact) mass is 378 g/mol. The molecule has 148 valence electrons. The lowest BCUT2D eigenvalue weighted by Crippen LogP contribution is -2.39. The molecule has 1 atom stereocenters. The lowest BCUT2D eigenvalue weighted by molar-refractivity contribution is -0.145. The van der Waals surface area contributed by atoms with Crippen molar-refractivity contribution in [3.8, 4) is 6.01 Å². The number of hydrogen-bond donors (Lipinski definition) is 2. The van der Waals surface area contributed by atoms with Crippen molar-refractivity contribution >= 4 is 23.0 Å². The van der Waals surface area contributed by atoms with Crippen molar-refractivity contribution < 1.29 is 14.3 Å². The molecule has 0 saturated carbocycles. The van der Waals surface area contributed by atoms with Crippen molar-refractivity contribution in [2.24, 2.45) is 0 Å². The Morgan fingerprint density at radius 1 is 1.37 bits per heavy atom. The number of rotatable bonds is 8. The summed E-state index contributed by atoms with van der Waals surface area (Å²) in [5.74, 6) is -0.0621. The van der Waals surface area contributed by atoms with Crippen molar-refractivity contribution in [2.75, 3.05) is 32.5 Å². The lowest BCUT2D eigenvalue weighted by Gasteiger charge is -2.22. The van der Waals surface area contributed by atoms with Gasteiger partial charge in [-0.25, -0.2) is 4.79 Å². The highest BCUT2D eigenvalue weighted by Gasteiger charge is 2.31. The first-order chi connectivity index (χ1) is 13.0. The van der Waals surface area contributed by atoms with Gasteiger partial charge < -0.3 is 20.2 Å². The van der Waals surface area contributed by atoms with Gasteiger partial charge in [-0.05, 0) is 25.8 Å². The number of aromatic nitrogens is 4. The SMILES string of the molecule is CCCCOc1nc(N)c2[nH]c(=O)n(CCN3CCC[C@H]3C(=O)OC)c2n1. The molecule has 10 heteroatoms. The van der Waals surface area contributed by atoms with Crippen LogP contribution in [0.15, 0.2) is 4.79 Å². The number of nitrogens with one attached hydrogen (secondary N) is 1. The van der Waals surface area contributed by atoms with E-state index in [1.165, 1.54) is 11.7 Å². The molecule has 27 heavy (non-hydrogen) atoms. The number of hydrogen-bond acceptors (Lipinski definition) is 8. The zero-order valence-electron chi connectivity index (χ0n) is 15.7. The number of nitrogen functional groups attached to an aromatic ring is 1. The van der Waals surface area contributed by atoms with Gasteiger partial charge in [-0.1, -0.05) is 13.3 Å². The molecule has 0 aromatic carbocycles. The van der Waals surface area contributed by atoms with Crippen LogP contribution in [0.25, 0.3) is 11.2 Å². The van der Waals surface area contributed by atoms with Crippen molar-refractivity contribution in [1.82, 2.24) is 24.4 Å². The Kier molecular flexibility index (Phi) is 5.94. The predicted octanol–water partition coefficient (Wildman–Crippen LogP) is 0.518. The fourth-order valence-electron chi connectivity index (χ4n) is 3.34. The number of esters is 1. The van der Waals surface area contributed by atoms with Gasteiger partial charge in [-0.2, -0.15) is 9.97 Å². The summed E-state index contributed by atoms with van der Waals surface area (Å²) in [4.78, 5) is 37.4. The maximum Gasteiger partial charge on any atom is 0.327 e. The third kappa shape index (κ3) is 4.05. The molecular weight excluding hydrogens is 352 g/mol. The Morgan fingerprint density at radius 2 is 2.19 bits per heavy atom. The summed E-state index contributed by atoms with van der Waals surface area (Å²) in [5, 5.41) is 0. The van der Waals surface area contributed by atoms with E-state index < -0.39 is 0 Å². The van der Waals surface area contributed by atoms with Crippen LogP contribution in [0.4, 0.5) is 5.82 Å². The second-order valence-corrected chi connectivity index (χ2v) is 6.59. The Hall–Kier alpha value is -2.62. The minimum Gasteiger partial charge on any atom is -0.468 e. The largest absolute Gasteiger partial charge is 0.468 e. The van der Waals surface area contributed by atoms with Crippen LogP contribution in [0, 0.1) is 0 Å². The third-order valence-corrected chi connectivity index (χ3v) is 4.81. The standard InChI is InChI=1S/C17H26N6O4/c1-3-4-10-27-16-20-13(18)12-14(21-16)23(17(25)19-12)9-8-22-7-5-6-11(22)15(24)26-2/h11H,3-10H2,1-2H3,(H,19,25)(H2,18,20,21)/t11-/m0/s1. The lowest BCUT2D eigenvalue weighted by atomic mass is 10.2. The molecule has 1 aliphatic rings. The van der Waals surface area contributed by atoms with E-state index in [4.69, 9.17) is 15.2 Å². The maximum absolute atomic E-state index is 12.4. The number of fused-ring (bicyclic) bond motifs is 1. The van der Waals surface area contributed by atoms with Crippen LogP contribution >= 0.6 is 0 Å². The number of H-pyrrole nitrogens is 1. The van der Waals surface area contributed by atoms with Gasteiger partial charge in [0.2, 0.25) is 0 Å². The van der Waals surface area contributed by atoms with Gasteiger partial charge in [0, 0.05) is 13.1 Å². The fourth-order valence-corrected chi connectivity index (χ4v) is 3.34. The number of carbonyl (C=O) groups excluding carboxylic acids is 1. The summed E-state index contributed by atoms with van der Waals surface area (Å²) in [6.07, 6.45) is 3.56. The van der Waals surface area contributed by atoms with Crippen LogP contribution in [-0.4, -0.2) is 63.2 Å². The topological polar surface area (TPSA) is 128 Å². The number of methoxy groups -OCH3 is 1. The second kappa shape index (κ2) is 8.38. The highest BCUT2D eigenvalue weighted by molar-refractivity contribution is 5.81. The molecule has 10 nitrogen and oxygen atoms in total. The molecule has 0 aliphatic carbocycles. The highest BCUT2D eigenvalue weighted by atomic mass is 16.5. The molecule has 0 bridgehead atoms. The van der Waals surface area contributed by atoms with E-state index in [9.17, 15) is 9.59 Å².